The Morgan fingerprint density at radius 1 is 1.05 bits per heavy atom. The van der Waals surface area contributed by atoms with Gasteiger partial charge in [0.25, 0.3) is 5.91 Å². The smallest absolute Gasteiger partial charge is 0.266 e. The maximum Gasteiger partial charge on any atom is 0.266 e. The van der Waals surface area contributed by atoms with Crippen molar-refractivity contribution in [3.8, 4) is 5.75 Å². The number of aliphatic imine (C=N–C) groups is 1. The zero-order valence-corrected chi connectivity index (χ0v) is 24.6. The molecule has 214 valence electrons. The number of carbonyl (C=O) groups is 1. The number of halogens is 1. The quantitative estimate of drug-likeness (QED) is 0.255. The number of nitrogens with zero attached hydrogens (tertiary/aromatic N) is 2. The number of carbonyl (C=O) groups excluding carboxylic acids is 1. The van der Waals surface area contributed by atoms with E-state index in [1.54, 1.807) is 0 Å². The molecule has 3 aromatic rings. The Hall–Kier alpha value is -3.46. The van der Waals surface area contributed by atoms with Crippen molar-refractivity contribution in [1.82, 2.24) is 10.4 Å². The second-order valence-corrected chi connectivity index (χ2v) is 11.3. The Morgan fingerprint density at radius 2 is 1.78 bits per heavy atom. The van der Waals surface area contributed by atoms with Crippen LogP contribution in [0.2, 0.25) is 0 Å². The van der Waals surface area contributed by atoms with Crippen molar-refractivity contribution < 1.29 is 19.4 Å². The van der Waals surface area contributed by atoms with Crippen LogP contribution in [0.5, 0.6) is 5.75 Å². The lowest BCUT2D eigenvalue weighted by Crippen LogP contribution is -2.55. The van der Waals surface area contributed by atoms with Crippen molar-refractivity contribution in [1.29, 1.82) is 0 Å². The fraction of sp³-hybridized carbons (Fsp3) is 0.333. The van der Waals surface area contributed by atoms with E-state index in [9.17, 15) is 4.79 Å². The van der Waals surface area contributed by atoms with Gasteiger partial charge in [-0.15, -0.1) is 0 Å². The molecule has 2 aliphatic heterocycles. The van der Waals surface area contributed by atoms with Gasteiger partial charge in [-0.25, -0.2) is 10.0 Å². The molecular formula is C33H36BrN3O4. The number of ether oxygens (including phenoxy) is 2. The van der Waals surface area contributed by atoms with Gasteiger partial charge < -0.3 is 14.6 Å². The van der Waals surface area contributed by atoms with Crippen molar-refractivity contribution in [3.05, 3.63) is 106 Å². The SMILES string of the molecule is O=C(NN1CCCCC1)[C@@]1(C/C=C/c2ccccc2)N=C(c2ccc(OCCCO)cc2)O[C@H]1c1ccc(Br)cc1. The number of aliphatic hydroxyl groups is 1. The molecule has 2 N–H and O–H groups in total. The topological polar surface area (TPSA) is 83.4 Å². The number of hydrogen-bond donors (Lipinski definition) is 2. The van der Waals surface area contributed by atoms with Gasteiger partial charge in [-0.05, 0) is 60.4 Å². The summed E-state index contributed by atoms with van der Waals surface area (Å²) >= 11 is 3.53. The van der Waals surface area contributed by atoms with Crippen molar-refractivity contribution in [2.24, 2.45) is 4.99 Å². The number of benzene rings is 3. The fourth-order valence-electron chi connectivity index (χ4n) is 5.14. The molecule has 0 radical (unpaired) electrons. The molecule has 7 nitrogen and oxygen atoms in total. The summed E-state index contributed by atoms with van der Waals surface area (Å²) in [6, 6.07) is 25.4. The third-order valence-corrected chi connectivity index (χ3v) is 7.89. The van der Waals surface area contributed by atoms with Gasteiger partial charge in [-0.2, -0.15) is 0 Å². The van der Waals surface area contributed by atoms with Crippen molar-refractivity contribution in [3.63, 3.8) is 0 Å². The minimum Gasteiger partial charge on any atom is -0.494 e. The molecular weight excluding hydrogens is 582 g/mol. The molecule has 2 aliphatic rings. The van der Waals surface area contributed by atoms with Gasteiger partial charge in [-0.3, -0.25) is 10.2 Å². The molecule has 8 heteroatoms. The minimum atomic E-state index is -1.22. The lowest BCUT2D eigenvalue weighted by molar-refractivity contribution is -0.134. The largest absolute Gasteiger partial charge is 0.494 e. The van der Waals surface area contributed by atoms with Gasteiger partial charge in [0, 0.05) is 42.6 Å². The van der Waals surface area contributed by atoms with Crippen molar-refractivity contribution in [2.45, 2.75) is 43.7 Å². The summed E-state index contributed by atoms with van der Waals surface area (Å²) in [4.78, 5) is 19.4. The predicted octanol–water partition coefficient (Wildman–Crippen LogP) is 6.09. The standard InChI is InChI=1S/C33H36BrN3O4/c34-28-16-12-26(13-17-28)30-33(20-7-11-25-9-3-1-4-10-25,32(39)36-37-21-5-2-6-22-37)35-31(41-30)27-14-18-29(19-15-27)40-24-8-23-38/h1,3-4,7,9-19,30,38H,2,5-6,8,20-24H2,(H,36,39)/b11-7+/t30-,33-/m0/s1. The molecule has 0 unspecified atom stereocenters. The number of piperidine rings is 1. The molecule has 1 saturated heterocycles. The van der Waals surface area contributed by atoms with Gasteiger partial charge in [-0.1, -0.05) is 77.0 Å². The average molecular weight is 619 g/mol. The Kier molecular flexibility index (Phi) is 9.88. The van der Waals surface area contributed by atoms with E-state index in [0.29, 0.717) is 31.1 Å². The number of nitrogens with one attached hydrogen (secondary N) is 1. The second kappa shape index (κ2) is 13.9. The minimum absolute atomic E-state index is 0.0838. The first-order chi connectivity index (χ1) is 20.1. The molecule has 1 fully saturated rings. The number of rotatable bonds is 11. The van der Waals surface area contributed by atoms with E-state index in [-0.39, 0.29) is 12.5 Å². The fourth-order valence-corrected chi connectivity index (χ4v) is 5.40. The first kappa shape index (κ1) is 29.0. The lowest BCUT2D eigenvalue weighted by atomic mass is 9.84. The van der Waals surface area contributed by atoms with Crippen LogP contribution < -0.4 is 10.2 Å². The highest BCUT2D eigenvalue weighted by Crippen LogP contribution is 2.43. The molecule has 0 aromatic heterocycles. The van der Waals surface area contributed by atoms with E-state index in [0.717, 1.165) is 47.1 Å². The van der Waals surface area contributed by atoms with E-state index in [2.05, 4.69) is 21.4 Å². The lowest BCUT2D eigenvalue weighted by Gasteiger charge is -2.34. The van der Waals surface area contributed by atoms with Crippen molar-refractivity contribution >= 4 is 33.8 Å². The maximum absolute atomic E-state index is 14.3. The molecule has 2 atom stereocenters. The van der Waals surface area contributed by atoms with Crippen LogP contribution in [0.15, 0.2) is 94.4 Å². The first-order valence-corrected chi connectivity index (χ1v) is 15.0. The van der Waals surface area contributed by atoms with E-state index >= 15 is 0 Å². The van der Waals surface area contributed by atoms with Crippen molar-refractivity contribution in [2.75, 3.05) is 26.3 Å². The zero-order chi connectivity index (χ0) is 28.5. The molecule has 3 aromatic carbocycles. The highest BCUT2D eigenvalue weighted by molar-refractivity contribution is 9.10. The normalized spacial score (nSPS) is 20.9. The Balaban J connectivity index is 1.51. The summed E-state index contributed by atoms with van der Waals surface area (Å²) in [6.07, 6.45) is 7.61. The second-order valence-electron chi connectivity index (χ2n) is 10.3. The molecule has 41 heavy (non-hydrogen) atoms. The predicted molar refractivity (Wildman–Crippen MR) is 165 cm³/mol. The van der Waals surface area contributed by atoms with Crippen LogP contribution in [0, 0.1) is 0 Å². The molecule has 0 bridgehead atoms. The third kappa shape index (κ3) is 7.25. The summed E-state index contributed by atoms with van der Waals surface area (Å²) in [7, 11) is 0. The molecule has 0 saturated carbocycles. The van der Waals surface area contributed by atoms with Crippen LogP contribution in [0.25, 0.3) is 6.08 Å². The summed E-state index contributed by atoms with van der Waals surface area (Å²) in [5.74, 6) is 0.941. The molecule has 5 rings (SSSR count). The summed E-state index contributed by atoms with van der Waals surface area (Å²) in [5, 5.41) is 11.0. The van der Waals surface area contributed by atoms with Gasteiger partial charge in [0.15, 0.2) is 11.6 Å². The third-order valence-electron chi connectivity index (χ3n) is 7.36. The van der Waals surface area contributed by atoms with Crippen LogP contribution in [-0.4, -0.2) is 53.8 Å². The highest BCUT2D eigenvalue weighted by Gasteiger charge is 2.53. The van der Waals surface area contributed by atoms with Crippen LogP contribution in [0.4, 0.5) is 0 Å². The molecule has 1 amide bonds. The molecule has 0 spiro atoms. The van der Waals surface area contributed by atoms with E-state index in [1.165, 1.54) is 6.42 Å². The molecule has 2 heterocycles. The Bertz CT molecular complexity index is 1340. The van der Waals surface area contributed by atoms with E-state index < -0.39 is 11.6 Å². The van der Waals surface area contributed by atoms with Gasteiger partial charge >= 0.3 is 0 Å². The highest BCUT2D eigenvalue weighted by atomic mass is 79.9. The maximum atomic E-state index is 14.3. The van der Waals surface area contributed by atoms with Crippen LogP contribution in [-0.2, 0) is 9.53 Å². The van der Waals surface area contributed by atoms with E-state index in [4.69, 9.17) is 19.6 Å². The summed E-state index contributed by atoms with van der Waals surface area (Å²) in [5.41, 5.74) is 4.67. The first-order valence-electron chi connectivity index (χ1n) is 14.2. The number of hydrazine groups is 1. The van der Waals surface area contributed by atoms with Crippen LogP contribution in [0.3, 0.4) is 0 Å². The molecule has 0 aliphatic carbocycles. The van der Waals surface area contributed by atoms with E-state index in [1.807, 2.05) is 96.0 Å². The van der Waals surface area contributed by atoms with Crippen LogP contribution >= 0.6 is 15.9 Å². The summed E-state index contributed by atoms with van der Waals surface area (Å²) < 4.78 is 13.2. The van der Waals surface area contributed by atoms with Gasteiger partial charge in [0.1, 0.15) is 5.75 Å². The number of aliphatic hydroxyl groups excluding tert-OH is 1. The zero-order valence-electron chi connectivity index (χ0n) is 23.0. The van der Waals surface area contributed by atoms with Gasteiger partial charge in [0.05, 0.1) is 6.61 Å². The summed E-state index contributed by atoms with van der Waals surface area (Å²) in [6.45, 7) is 2.16. The van der Waals surface area contributed by atoms with Gasteiger partial charge in [0.2, 0.25) is 5.90 Å². The van der Waals surface area contributed by atoms with Crippen LogP contribution in [0.1, 0.15) is 54.9 Å². The Morgan fingerprint density at radius 3 is 2.49 bits per heavy atom. The number of hydrogen-bond acceptors (Lipinski definition) is 6. The monoisotopic (exact) mass is 617 g/mol. The Labute approximate surface area is 250 Å². The average Bonchev–Trinajstić information content (AvgIpc) is 3.40. The number of amides is 1.